The Morgan fingerprint density at radius 2 is 1.73 bits per heavy atom. The molecule has 26 heavy (non-hydrogen) atoms. The van der Waals surface area contributed by atoms with Crippen molar-refractivity contribution in [1.29, 1.82) is 0 Å². The molecule has 0 N–H and O–H groups in total. The molecule has 0 aliphatic carbocycles. The summed E-state index contributed by atoms with van der Waals surface area (Å²) in [6, 6.07) is 19.8. The third-order valence-corrected chi connectivity index (χ3v) is 4.47. The van der Waals surface area contributed by atoms with E-state index in [1.807, 2.05) is 54.6 Å². The second-order valence-electron chi connectivity index (χ2n) is 6.09. The van der Waals surface area contributed by atoms with Crippen LogP contribution in [-0.2, 0) is 14.3 Å². The largest absolute Gasteiger partial charge is 0.497 e. The summed E-state index contributed by atoms with van der Waals surface area (Å²) in [6.45, 7) is 0. The maximum Gasteiger partial charge on any atom is 0.342 e. The molecule has 0 unspecified atom stereocenters. The lowest BCUT2D eigenvalue weighted by molar-refractivity contribution is -0.151. The van der Waals surface area contributed by atoms with E-state index in [0.29, 0.717) is 5.57 Å². The van der Waals surface area contributed by atoms with Crippen LogP contribution in [0.2, 0.25) is 0 Å². The predicted octanol–water partition coefficient (Wildman–Crippen LogP) is 4.37. The Bertz CT molecular complexity index is 1050. The van der Waals surface area contributed by atoms with Crippen molar-refractivity contribution in [2.45, 2.75) is 6.42 Å². The molecule has 0 amide bonds. The van der Waals surface area contributed by atoms with Crippen molar-refractivity contribution in [2.24, 2.45) is 0 Å². The van der Waals surface area contributed by atoms with E-state index in [-0.39, 0.29) is 6.42 Å². The number of hydrogen-bond donors (Lipinski definition) is 0. The number of carbonyl (C=O) groups excluding carboxylic acids is 2. The van der Waals surface area contributed by atoms with E-state index < -0.39 is 11.9 Å². The second-order valence-corrected chi connectivity index (χ2v) is 6.09. The van der Waals surface area contributed by atoms with Gasteiger partial charge in [0, 0.05) is 5.57 Å². The van der Waals surface area contributed by atoms with E-state index in [4.69, 9.17) is 4.74 Å². The fourth-order valence-corrected chi connectivity index (χ4v) is 3.22. The predicted molar refractivity (Wildman–Crippen MR) is 99.6 cm³/mol. The summed E-state index contributed by atoms with van der Waals surface area (Å²) in [5, 5.41) is 2.18. The molecule has 1 aliphatic rings. The topological polar surface area (TPSA) is 52.6 Å². The molecule has 0 atom stereocenters. The van der Waals surface area contributed by atoms with Gasteiger partial charge in [-0.05, 0) is 45.7 Å². The number of cyclic esters (lactones) is 2. The van der Waals surface area contributed by atoms with Crippen LogP contribution < -0.4 is 4.74 Å². The van der Waals surface area contributed by atoms with Crippen molar-refractivity contribution < 1.29 is 19.1 Å². The lowest BCUT2D eigenvalue weighted by Crippen LogP contribution is -1.97. The summed E-state index contributed by atoms with van der Waals surface area (Å²) in [5.41, 5.74) is 3.26. The van der Waals surface area contributed by atoms with Gasteiger partial charge in [0.25, 0.3) is 0 Å². The second kappa shape index (κ2) is 6.48. The van der Waals surface area contributed by atoms with E-state index in [9.17, 15) is 9.59 Å². The molecule has 0 radical (unpaired) electrons. The van der Waals surface area contributed by atoms with Gasteiger partial charge < -0.3 is 9.47 Å². The highest BCUT2D eigenvalue weighted by Gasteiger charge is 2.27. The number of esters is 2. The van der Waals surface area contributed by atoms with Gasteiger partial charge in [-0.1, -0.05) is 48.5 Å². The third-order valence-electron chi connectivity index (χ3n) is 4.47. The van der Waals surface area contributed by atoms with E-state index in [1.54, 1.807) is 13.2 Å². The van der Waals surface area contributed by atoms with Crippen molar-refractivity contribution in [2.75, 3.05) is 7.11 Å². The fourth-order valence-electron chi connectivity index (χ4n) is 3.22. The Morgan fingerprint density at radius 3 is 2.42 bits per heavy atom. The molecule has 0 aromatic heterocycles. The molecule has 0 saturated carbocycles. The van der Waals surface area contributed by atoms with Gasteiger partial charge in [0.05, 0.1) is 13.5 Å². The zero-order valence-electron chi connectivity index (χ0n) is 14.2. The molecular formula is C22H16O4. The minimum atomic E-state index is -0.566. The van der Waals surface area contributed by atoms with Crippen LogP contribution in [0.15, 0.2) is 66.2 Å². The highest BCUT2D eigenvalue weighted by molar-refractivity contribution is 6.10. The number of carbonyl (C=O) groups is 2. The summed E-state index contributed by atoms with van der Waals surface area (Å²) in [4.78, 5) is 23.3. The first-order valence-corrected chi connectivity index (χ1v) is 8.27. The average Bonchev–Trinajstić information content (AvgIpc) is 2.98. The van der Waals surface area contributed by atoms with Gasteiger partial charge in [0.1, 0.15) is 5.75 Å². The molecular weight excluding hydrogens is 328 g/mol. The van der Waals surface area contributed by atoms with Gasteiger partial charge in [-0.25, -0.2) is 4.79 Å². The standard InChI is InChI=1S/C22H16O4/c1-25-18-10-8-15(9-11-18)21-16(12-17-13-20(23)26-22(17)24)7-6-14-4-2-3-5-19(14)21/h2-12H,13H2,1H3. The van der Waals surface area contributed by atoms with Crippen molar-refractivity contribution in [3.8, 4) is 16.9 Å². The molecule has 1 fully saturated rings. The maximum absolute atomic E-state index is 11.9. The molecule has 1 aliphatic heterocycles. The SMILES string of the molecule is COc1ccc(-c2c(C=C3CC(=O)OC3=O)ccc3ccccc23)cc1. The molecule has 3 aromatic carbocycles. The molecule has 0 spiro atoms. The van der Waals surface area contributed by atoms with E-state index in [2.05, 4.69) is 10.8 Å². The normalized spacial score (nSPS) is 15.5. The Balaban J connectivity index is 1.94. The lowest BCUT2D eigenvalue weighted by Gasteiger charge is -2.12. The fraction of sp³-hybridized carbons (Fsp3) is 0.0909. The Kier molecular flexibility index (Phi) is 4.01. The van der Waals surface area contributed by atoms with Crippen molar-refractivity contribution in [3.05, 3.63) is 71.8 Å². The van der Waals surface area contributed by atoms with Crippen molar-refractivity contribution in [1.82, 2.24) is 0 Å². The number of fused-ring (bicyclic) bond motifs is 1. The van der Waals surface area contributed by atoms with Crippen LogP contribution in [0.1, 0.15) is 12.0 Å². The molecule has 128 valence electrons. The van der Waals surface area contributed by atoms with Crippen LogP contribution in [-0.4, -0.2) is 19.0 Å². The smallest absolute Gasteiger partial charge is 0.342 e. The molecule has 4 heteroatoms. The molecule has 0 bridgehead atoms. The van der Waals surface area contributed by atoms with Crippen LogP contribution >= 0.6 is 0 Å². The zero-order chi connectivity index (χ0) is 18.1. The van der Waals surface area contributed by atoms with Crippen molar-refractivity contribution >= 4 is 28.8 Å². The number of benzene rings is 3. The van der Waals surface area contributed by atoms with Gasteiger partial charge in [-0.2, -0.15) is 0 Å². The Labute approximate surface area is 150 Å². The van der Waals surface area contributed by atoms with Crippen LogP contribution in [0.3, 0.4) is 0 Å². The third kappa shape index (κ3) is 2.86. The maximum atomic E-state index is 11.9. The number of rotatable bonds is 3. The highest BCUT2D eigenvalue weighted by Crippen LogP contribution is 2.35. The van der Waals surface area contributed by atoms with Gasteiger partial charge in [-0.3, -0.25) is 4.79 Å². The highest BCUT2D eigenvalue weighted by atomic mass is 16.6. The summed E-state index contributed by atoms with van der Waals surface area (Å²) in [5.74, 6) is -0.296. The average molecular weight is 344 g/mol. The summed E-state index contributed by atoms with van der Waals surface area (Å²) in [6.07, 6.45) is 1.76. The Hall–Kier alpha value is -3.40. The monoisotopic (exact) mass is 344 g/mol. The van der Waals surface area contributed by atoms with Crippen LogP contribution in [0.5, 0.6) is 5.75 Å². The first-order valence-electron chi connectivity index (χ1n) is 8.27. The van der Waals surface area contributed by atoms with Gasteiger partial charge in [-0.15, -0.1) is 0 Å². The van der Waals surface area contributed by atoms with E-state index in [0.717, 1.165) is 33.2 Å². The Morgan fingerprint density at radius 1 is 0.962 bits per heavy atom. The molecule has 1 heterocycles. The first-order chi connectivity index (χ1) is 12.7. The minimum absolute atomic E-state index is 0.00765. The zero-order valence-corrected chi connectivity index (χ0v) is 14.2. The lowest BCUT2D eigenvalue weighted by atomic mass is 9.92. The molecule has 1 saturated heterocycles. The van der Waals surface area contributed by atoms with Gasteiger partial charge >= 0.3 is 11.9 Å². The van der Waals surface area contributed by atoms with Crippen LogP contribution in [0, 0.1) is 0 Å². The van der Waals surface area contributed by atoms with Gasteiger partial charge in [0.2, 0.25) is 0 Å². The minimum Gasteiger partial charge on any atom is -0.497 e. The van der Waals surface area contributed by atoms with Crippen LogP contribution in [0.4, 0.5) is 0 Å². The van der Waals surface area contributed by atoms with Crippen molar-refractivity contribution in [3.63, 3.8) is 0 Å². The molecule has 3 aromatic rings. The quantitative estimate of drug-likeness (QED) is 0.402. The molecule has 4 rings (SSSR count). The number of hydrogen-bond acceptors (Lipinski definition) is 4. The molecule has 4 nitrogen and oxygen atoms in total. The number of methoxy groups -OCH3 is 1. The summed E-state index contributed by atoms with van der Waals surface area (Å²) < 4.78 is 9.89. The summed E-state index contributed by atoms with van der Waals surface area (Å²) in [7, 11) is 1.63. The van der Waals surface area contributed by atoms with Gasteiger partial charge in [0.15, 0.2) is 0 Å². The van der Waals surface area contributed by atoms with E-state index in [1.165, 1.54) is 0 Å². The number of ether oxygens (including phenoxy) is 2. The first kappa shape index (κ1) is 16.1. The van der Waals surface area contributed by atoms with Crippen LogP contribution in [0.25, 0.3) is 28.0 Å². The van der Waals surface area contributed by atoms with E-state index >= 15 is 0 Å². The summed E-state index contributed by atoms with van der Waals surface area (Å²) >= 11 is 0.